The van der Waals surface area contributed by atoms with Crippen molar-refractivity contribution >= 4 is 17.0 Å². The van der Waals surface area contributed by atoms with Gasteiger partial charge in [-0.2, -0.15) is 0 Å². The summed E-state index contributed by atoms with van der Waals surface area (Å²) in [5.41, 5.74) is 6.01. The largest absolute Gasteiger partial charge is 0.394 e. The molecule has 3 heterocycles. The van der Waals surface area contributed by atoms with Crippen LogP contribution in [0.25, 0.3) is 11.2 Å². The molecule has 1 saturated carbocycles. The third-order valence-corrected chi connectivity index (χ3v) is 5.94. The number of nitrogens with zero attached hydrogens (tertiary/aromatic N) is 4. The summed E-state index contributed by atoms with van der Waals surface area (Å²) in [5, 5.41) is 40.2. The quantitative estimate of drug-likeness (QED) is 0.426. The smallest absolute Gasteiger partial charge is 0.208 e. The number of rotatable bonds is 4. The van der Waals surface area contributed by atoms with Crippen molar-refractivity contribution in [1.29, 1.82) is 0 Å². The maximum atomic E-state index is 10.6. The number of aliphatic hydroxyl groups excluding tert-OH is 3. The van der Waals surface area contributed by atoms with Crippen LogP contribution in [0.4, 0.5) is 5.82 Å². The van der Waals surface area contributed by atoms with Crippen molar-refractivity contribution in [3.8, 4) is 11.8 Å². The number of anilines is 1. The normalized spacial score (nSPS) is 28.4. The van der Waals surface area contributed by atoms with Gasteiger partial charge in [0.05, 0.1) is 18.5 Å². The summed E-state index contributed by atoms with van der Waals surface area (Å²) in [6.45, 7) is -0.429. The van der Waals surface area contributed by atoms with Gasteiger partial charge in [-0.1, -0.05) is 25.2 Å². The van der Waals surface area contributed by atoms with Gasteiger partial charge in [0.1, 0.15) is 23.8 Å². The van der Waals surface area contributed by atoms with E-state index in [1.54, 1.807) is 0 Å². The van der Waals surface area contributed by atoms with Crippen LogP contribution < -0.4 is 5.73 Å². The average Bonchev–Trinajstić information content (AvgIpc) is 3.27. The monoisotopic (exact) mass is 417 g/mol. The van der Waals surface area contributed by atoms with Gasteiger partial charge in [-0.3, -0.25) is 4.57 Å². The van der Waals surface area contributed by atoms with Crippen LogP contribution in [0, 0.1) is 11.8 Å². The highest BCUT2D eigenvalue weighted by Crippen LogP contribution is 2.32. The Bertz CT molecular complexity index is 962. The fourth-order valence-corrected chi connectivity index (χ4v) is 4.19. The van der Waals surface area contributed by atoms with Gasteiger partial charge in [0.15, 0.2) is 17.7 Å². The number of imidazole rings is 1. The Hall–Kier alpha value is -2.29. The number of hydrogen-bond acceptors (Lipinski definition) is 9. The molecule has 162 valence electrons. The first-order valence-corrected chi connectivity index (χ1v) is 10.3. The molecule has 0 aromatic carbocycles. The zero-order chi connectivity index (χ0) is 21.3. The van der Waals surface area contributed by atoms with E-state index in [0.717, 1.165) is 25.7 Å². The number of nitrogen functional groups attached to an aromatic ring is 1. The standard InChI is InChI=1S/C20H27N5O5/c21-17-14-18(25(11-22-14)19-16(28)15(27)12(10-26)30-19)24-13(23-17)6-2-5-9-20(29)7-3-1-4-8-20/h11-12,15-16,19,26-29H,1,3-5,7-10H2,(H2,21,23,24)/t12-,15-,16-,19-/m1/s1. The second-order valence-electron chi connectivity index (χ2n) is 8.07. The van der Waals surface area contributed by atoms with Crippen LogP contribution in [-0.2, 0) is 4.74 Å². The van der Waals surface area contributed by atoms with E-state index in [4.69, 9.17) is 10.5 Å². The fraction of sp³-hybridized carbons (Fsp3) is 0.650. The lowest BCUT2D eigenvalue weighted by Gasteiger charge is -2.31. The Morgan fingerprint density at radius 3 is 2.67 bits per heavy atom. The van der Waals surface area contributed by atoms with Crippen molar-refractivity contribution in [3.63, 3.8) is 0 Å². The molecule has 6 N–H and O–H groups in total. The molecule has 4 rings (SSSR count). The zero-order valence-corrected chi connectivity index (χ0v) is 16.6. The van der Waals surface area contributed by atoms with E-state index >= 15 is 0 Å². The molecule has 0 bridgehead atoms. The van der Waals surface area contributed by atoms with Gasteiger partial charge in [0.2, 0.25) is 5.82 Å². The topological polar surface area (TPSA) is 160 Å². The van der Waals surface area contributed by atoms with E-state index in [9.17, 15) is 20.4 Å². The molecule has 10 heteroatoms. The van der Waals surface area contributed by atoms with Gasteiger partial charge in [0.25, 0.3) is 0 Å². The molecule has 0 amide bonds. The summed E-state index contributed by atoms with van der Waals surface area (Å²) in [6, 6.07) is 0. The van der Waals surface area contributed by atoms with Crippen LogP contribution in [0.2, 0.25) is 0 Å². The Kier molecular flexibility index (Phi) is 5.90. The molecular weight excluding hydrogens is 390 g/mol. The number of nitrogens with two attached hydrogens (primary N) is 1. The molecule has 10 nitrogen and oxygen atoms in total. The molecular formula is C20H27N5O5. The van der Waals surface area contributed by atoms with Crippen molar-refractivity contribution in [2.45, 2.75) is 75.1 Å². The summed E-state index contributed by atoms with van der Waals surface area (Å²) < 4.78 is 7.00. The maximum Gasteiger partial charge on any atom is 0.208 e. The molecule has 2 fully saturated rings. The van der Waals surface area contributed by atoms with Crippen molar-refractivity contribution < 1.29 is 25.2 Å². The molecule has 2 aromatic rings. The van der Waals surface area contributed by atoms with Gasteiger partial charge in [-0.25, -0.2) is 15.0 Å². The highest BCUT2D eigenvalue weighted by Gasteiger charge is 2.44. The van der Waals surface area contributed by atoms with Crippen LogP contribution in [0.5, 0.6) is 0 Å². The first-order valence-electron chi connectivity index (χ1n) is 10.3. The van der Waals surface area contributed by atoms with Gasteiger partial charge in [-0.05, 0) is 25.2 Å². The predicted molar refractivity (Wildman–Crippen MR) is 107 cm³/mol. The molecule has 4 atom stereocenters. The molecule has 1 saturated heterocycles. The third-order valence-electron chi connectivity index (χ3n) is 5.94. The third kappa shape index (κ3) is 3.99. The van der Waals surface area contributed by atoms with Crippen LogP contribution >= 0.6 is 0 Å². The maximum absolute atomic E-state index is 10.6. The second kappa shape index (κ2) is 8.45. The number of hydrogen-bond donors (Lipinski definition) is 5. The van der Waals surface area contributed by atoms with E-state index in [-0.39, 0.29) is 11.6 Å². The van der Waals surface area contributed by atoms with Crippen LogP contribution in [0.15, 0.2) is 6.33 Å². The SMILES string of the molecule is Nc1nc(C#CCCC2(O)CCCCC2)nc2c1ncn2[C@@H]1O[C@H](CO)[C@@H](O)[C@H]1O. The summed E-state index contributed by atoms with van der Waals surface area (Å²) in [6.07, 6.45) is 3.03. The second-order valence-corrected chi connectivity index (χ2v) is 8.07. The van der Waals surface area contributed by atoms with Crippen molar-refractivity contribution in [2.75, 3.05) is 12.3 Å². The minimum atomic E-state index is -1.26. The van der Waals surface area contributed by atoms with Crippen molar-refractivity contribution in [1.82, 2.24) is 19.5 Å². The van der Waals surface area contributed by atoms with Crippen LogP contribution in [0.3, 0.4) is 0 Å². The number of fused-ring (bicyclic) bond motifs is 1. The van der Waals surface area contributed by atoms with Crippen LogP contribution in [0.1, 0.15) is 57.0 Å². The van der Waals surface area contributed by atoms with Crippen LogP contribution in [-0.4, -0.2) is 70.5 Å². The summed E-state index contributed by atoms with van der Waals surface area (Å²) in [4.78, 5) is 12.7. The predicted octanol–water partition coefficient (Wildman–Crippen LogP) is -0.153. The van der Waals surface area contributed by atoms with E-state index in [1.165, 1.54) is 17.3 Å². The molecule has 2 aromatic heterocycles. The van der Waals surface area contributed by atoms with Crippen molar-refractivity contribution in [3.05, 3.63) is 12.2 Å². The Morgan fingerprint density at radius 2 is 1.97 bits per heavy atom. The number of aliphatic hydroxyl groups is 4. The minimum absolute atomic E-state index is 0.140. The number of ether oxygens (including phenoxy) is 1. The molecule has 0 unspecified atom stereocenters. The van der Waals surface area contributed by atoms with E-state index < -0.39 is 36.7 Å². The van der Waals surface area contributed by atoms with Crippen molar-refractivity contribution in [2.24, 2.45) is 0 Å². The Labute approximate surface area is 173 Å². The molecule has 2 aliphatic rings. The summed E-state index contributed by atoms with van der Waals surface area (Å²) in [5.74, 6) is 6.23. The van der Waals surface area contributed by atoms with E-state index in [0.29, 0.717) is 24.0 Å². The minimum Gasteiger partial charge on any atom is -0.394 e. The van der Waals surface area contributed by atoms with Gasteiger partial charge < -0.3 is 30.9 Å². The lowest BCUT2D eigenvalue weighted by atomic mass is 9.82. The average molecular weight is 417 g/mol. The molecule has 1 aliphatic carbocycles. The molecule has 0 spiro atoms. The first-order chi connectivity index (χ1) is 14.4. The molecule has 1 aliphatic heterocycles. The van der Waals surface area contributed by atoms with Gasteiger partial charge in [-0.15, -0.1) is 0 Å². The Morgan fingerprint density at radius 1 is 1.20 bits per heavy atom. The van der Waals surface area contributed by atoms with E-state index in [2.05, 4.69) is 26.8 Å². The first kappa shape index (κ1) is 21.0. The van der Waals surface area contributed by atoms with Gasteiger partial charge >= 0.3 is 0 Å². The fourth-order valence-electron chi connectivity index (χ4n) is 4.19. The van der Waals surface area contributed by atoms with Gasteiger partial charge in [0, 0.05) is 6.42 Å². The highest BCUT2D eigenvalue weighted by atomic mass is 16.6. The molecule has 0 radical (unpaired) electrons. The molecule has 30 heavy (non-hydrogen) atoms. The lowest BCUT2D eigenvalue weighted by molar-refractivity contribution is -0.0511. The Balaban J connectivity index is 1.54. The highest BCUT2D eigenvalue weighted by molar-refractivity contribution is 5.82. The zero-order valence-electron chi connectivity index (χ0n) is 16.6. The lowest BCUT2D eigenvalue weighted by Crippen LogP contribution is -2.33. The van der Waals surface area contributed by atoms with E-state index in [1.807, 2.05) is 0 Å². The summed E-state index contributed by atoms with van der Waals surface area (Å²) in [7, 11) is 0. The number of aromatic nitrogens is 4. The summed E-state index contributed by atoms with van der Waals surface area (Å²) >= 11 is 0.